The first kappa shape index (κ1) is 20.7. The van der Waals surface area contributed by atoms with E-state index in [0.717, 1.165) is 36.2 Å². The highest BCUT2D eigenvalue weighted by molar-refractivity contribution is 8.15. The van der Waals surface area contributed by atoms with Gasteiger partial charge in [-0.3, -0.25) is 19.7 Å². The zero-order chi connectivity index (χ0) is 22.1. The van der Waals surface area contributed by atoms with Gasteiger partial charge in [0.2, 0.25) is 5.91 Å². The topological polar surface area (TPSA) is 106 Å². The van der Waals surface area contributed by atoms with Crippen LogP contribution in [-0.2, 0) is 22.4 Å². The smallest absolute Gasteiger partial charge is 0.286 e. The molecule has 0 saturated carbocycles. The quantitative estimate of drug-likeness (QED) is 0.567. The highest BCUT2D eigenvalue weighted by Crippen LogP contribution is 2.23. The van der Waals surface area contributed by atoms with E-state index in [9.17, 15) is 14.4 Å². The predicted molar refractivity (Wildman–Crippen MR) is 119 cm³/mol. The predicted octanol–water partition coefficient (Wildman–Crippen LogP) is 1.89. The van der Waals surface area contributed by atoms with Crippen LogP contribution in [0.2, 0.25) is 0 Å². The van der Waals surface area contributed by atoms with E-state index in [4.69, 9.17) is 4.74 Å². The molecular weight excluding hydrogens is 430 g/mol. The molecule has 164 valence electrons. The van der Waals surface area contributed by atoms with E-state index in [0.29, 0.717) is 36.5 Å². The van der Waals surface area contributed by atoms with Crippen molar-refractivity contribution in [3.63, 3.8) is 0 Å². The number of imide groups is 1. The molecule has 1 N–H and O–H groups in total. The number of ether oxygens (including phenoxy) is 1. The number of nitrogens with one attached hydrogen (secondary N) is 1. The third-order valence-electron chi connectivity index (χ3n) is 5.53. The van der Waals surface area contributed by atoms with Crippen molar-refractivity contribution < 1.29 is 19.1 Å². The van der Waals surface area contributed by atoms with E-state index in [1.807, 2.05) is 24.3 Å². The maximum atomic E-state index is 12.9. The molecule has 0 spiro atoms. The first-order chi connectivity index (χ1) is 15.6. The molecule has 4 heterocycles. The second-order valence-electron chi connectivity index (χ2n) is 7.69. The van der Waals surface area contributed by atoms with E-state index in [2.05, 4.69) is 20.3 Å². The van der Waals surface area contributed by atoms with Crippen molar-refractivity contribution in [2.45, 2.75) is 18.1 Å². The van der Waals surface area contributed by atoms with Crippen LogP contribution in [0.1, 0.15) is 21.6 Å². The van der Waals surface area contributed by atoms with Crippen LogP contribution in [0, 0.1) is 0 Å². The number of hydrogen-bond acceptors (Lipinski definition) is 8. The number of fused-ring (bicyclic) bond motifs is 1. The van der Waals surface area contributed by atoms with Crippen molar-refractivity contribution in [1.29, 1.82) is 0 Å². The maximum Gasteiger partial charge on any atom is 0.286 e. The van der Waals surface area contributed by atoms with Crippen LogP contribution < -0.4 is 10.2 Å². The summed E-state index contributed by atoms with van der Waals surface area (Å²) in [6.45, 7) is 2.83. The van der Waals surface area contributed by atoms with Gasteiger partial charge in [-0.05, 0) is 12.0 Å². The Labute approximate surface area is 188 Å². The number of benzene rings is 1. The first-order valence-corrected chi connectivity index (χ1v) is 11.2. The van der Waals surface area contributed by atoms with Gasteiger partial charge in [-0.15, -0.1) is 0 Å². The minimum atomic E-state index is -0.422. The standard InChI is InChI=1S/C22H21N5O4S/c28-17(15-3-1-14(2-4-15)11-18-21(29)25-22(30)32-18)12-16-13-20(26-7-9-31-10-8-26)27-19(24-16)5-6-23-27/h1-6,13,18H,7-12H2,(H,25,29,30). The van der Waals surface area contributed by atoms with Crippen molar-refractivity contribution in [3.8, 4) is 0 Å². The number of anilines is 1. The zero-order valence-corrected chi connectivity index (χ0v) is 18.0. The van der Waals surface area contributed by atoms with Crippen LogP contribution in [0.3, 0.4) is 0 Å². The fourth-order valence-corrected chi connectivity index (χ4v) is 4.75. The van der Waals surface area contributed by atoms with Gasteiger partial charge < -0.3 is 9.64 Å². The number of carbonyl (C=O) groups excluding carboxylic acids is 3. The van der Waals surface area contributed by atoms with Gasteiger partial charge in [0.15, 0.2) is 11.4 Å². The van der Waals surface area contributed by atoms with Crippen LogP contribution in [0.15, 0.2) is 42.6 Å². The molecule has 10 heteroatoms. The van der Waals surface area contributed by atoms with Crippen LogP contribution in [0.25, 0.3) is 5.65 Å². The Kier molecular flexibility index (Phi) is 5.62. The average Bonchev–Trinajstić information content (AvgIpc) is 3.39. The fourth-order valence-electron chi connectivity index (χ4n) is 3.89. The summed E-state index contributed by atoms with van der Waals surface area (Å²) >= 11 is 1.00. The fraction of sp³-hybridized carbons (Fsp3) is 0.318. The number of amides is 2. The van der Waals surface area contributed by atoms with E-state index in [1.54, 1.807) is 22.8 Å². The third kappa shape index (κ3) is 4.23. The Morgan fingerprint density at radius 3 is 2.66 bits per heavy atom. The van der Waals surface area contributed by atoms with Gasteiger partial charge in [0.1, 0.15) is 5.82 Å². The molecule has 32 heavy (non-hydrogen) atoms. The summed E-state index contributed by atoms with van der Waals surface area (Å²) in [4.78, 5) is 42.8. The minimum Gasteiger partial charge on any atom is -0.378 e. The Morgan fingerprint density at radius 2 is 1.94 bits per heavy atom. The summed E-state index contributed by atoms with van der Waals surface area (Å²) in [5, 5.41) is 5.92. The van der Waals surface area contributed by atoms with Gasteiger partial charge in [-0.25, -0.2) is 4.98 Å². The Balaban J connectivity index is 1.31. The zero-order valence-electron chi connectivity index (χ0n) is 17.2. The van der Waals surface area contributed by atoms with Crippen LogP contribution in [0.4, 0.5) is 10.6 Å². The maximum absolute atomic E-state index is 12.9. The summed E-state index contributed by atoms with van der Waals surface area (Å²) in [5.41, 5.74) is 2.87. The normalized spacial score (nSPS) is 18.9. The van der Waals surface area contributed by atoms with Crippen LogP contribution >= 0.6 is 11.8 Å². The highest BCUT2D eigenvalue weighted by atomic mass is 32.2. The number of nitrogens with zero attached hydrogens (tertiary/aromatic N) is 4. The van der Waals surface area contributed by atoms with Crippen molar-refractivity contribution in [3.05, 3.63) is 59.4 Å². The number of thioether (sulfide) groups is 1. The molecule has 0 bridgehead atoms. The van der Waals surface area contributed by atoms with Crippen molar-refractivity contribution in [2.24, 2.45) is 0 Å². The van der Waals surface area contributed by atoms with Crippen molar-refractivity contribution in [1.82, 2.24) is 19.9 Å². The van der Waals surface area contributed by atoms with E-state index < -0.39 is 5.25 Å². The van der Waals surface area contributed by atoms with Gasteiger partial charge in [-0.2, -0.15) is 9.61 Å². The molecule has 2 aromatic heterocycles. The number of Topliss-reactive ketones (excluding diaryl/α,β-unsaturated/α-hetero) is 1. The monoisotopic (exact) mass is 451 g/mol. The molecule has 2 fully saturated rings. The molecule has 1 atom stereocenters. The molecule has 2 amide bonds. The first-order valence-electron chi connectivity index (χ1n) is 10.4. The van der Waals surface area contributed by atoms with Gasteiger partial charge in [0.05, 0.1) is 36.8 Å². The summed E-state index contributed by atoms with van der Waals surface area (Å²) in [6, 6.07) is 10.9. The SMILES string of the molecule is O=C1NC(=O)C(Cc2ccc(C(=O)Cc3cc(N4CCOCC4)n4nccc4n3)cc2)S1. The number of ketones is 1. The second-order valence-corrected chi connectivity index (χ2v) is 8.87. The molecule has 2 aliphatic heterocycles. The Hall–Kier alpha value is -3.24. The lowest BCUT2D eigenvalue weighted by Gasteiger charge is -2.29. The van der Waals surface area contributed by atoms with Crippen LogP contribution in [0.5, 0.6) is 0 Å². The number of aromatic nitrogens is 3. The summed E-state index contributed by atoms with van der Waals surface area (Å²) in [6.07, 6.45) is 2.32. The molecule has 1 unspecified atom stereocenters. The molecule has 1 aromatic carbocycles. The van der Waals surface area contributed by atoms with Crippen molar-refractivity contribution >= 4 is 40.2 Å². The number of rotatable bonds is 6. The second kappa shape index (κ2) is 8.71. The molecule has 2 aliphatic rings. The number of morpholine rings is 1. The number of hydrogen-bond donors (Lipinski definition) is 1. The molecule has 3 aromatic rings. The molecule has 2 saturated heterocycles. The lowest BCUT2D eigenvalue weighted by Crippen LogP contribution is -2.37. The van der Waals surface area contributed by atoms with Gasteiger partial charge in [0, 0.05) is 30.8 Å². The summed E-state index contributed by atoms with van der Waals surface area (Å²) in [5.74, 6) is 0.602. The van der Waals surface area contributed by atoms with E-state index in [1.165, 1.54) is 0 Å². The lowest BCUT2D eigenvalue weighted by molar-refractivity contribution is -0.118. The largest absolute Gasteiger partial charge is 0.378 e. The van der Waals surface area contributed by atoms with E-state index in [-0.39, 0.29) is 23.4 Å². The highest BCUT2D eigenvalue weighted by Gasteiger charge is 2.31. The summed E-state index contributed by atoms with van der Waals surface area (Å²) in [7, 11) is 0. The molecular formula is C22H21N5O4S. The third-order valence-corrected chi connectivity index (χ3v) is 6.52. The average molecular weight is 452 g/mol. The summed E-state index contributed by atoms with van der Waals surface area (Å²) < 4.78 is 7.24. The van der Waals surface area contributed by atoms with Crippen LogP contribution in [-0.4, -0.2) is 63.1 Å². The van der Waals surface area contributed by atoms with Crippen molar-refractivity contribution in [2.75, 3.05) is 31.2 Å². The lowest BCUT2D eigenvalue weighted by atomic mass is 10.0. The van der Waals surface area contributed by atoms with E-state index >= 15 is 0 Å². The number of carbonyl (C=O) groups is 3. The molecule has 9 nitrogen and oxygen atoms in total. The molecule has 0 radical (unpaired) electrons. The molecule has 0 aliphatic carbocycles. The Morgan fingerprint density at radius 1 is 1.16 bits per heavy atom. The minimum absolute atomic E-state index is 0.0380. The molecule has 5 rings (SSSR count). The van der Waals surface area contributed by atoms with Gasteiger partial charge in [0.25, 0.3) is 5.24 Å². The Bertz CT molecular complexity index is 1190. The van der Waals surface area contributed by atoms with Gasteiger partial charge in [-0.1, -0.05) is 36.0 Å². The van der Waals surface area contributed by atoms with Gasteiger partial charge >= 0.3 is 0 Å².